The number of nitrogens with zero attached hydrogens (tertiary/aromatic N) is 1. The zero-order valence-corrected chi connectivity index (χ0v) is 20.5. The zero-order chi connectivity index (χ0) is 26.7. The minimum Gasteiger partial charge on any atom is -0.482 e. The molecule has 1 atom stereocenters. The summed E-state index contributed by atoms with van der Waals surface area (Å²) in [5.41, 5.74) is 0.929. The molecule has 192 valence electrons. The van der Waals surface area contributed by atoms with Crippen LogP contribution in [0.15, 0.2) is 48.5 Å². The summed E-state index contributed by atoms with van der Waals surface area (Å²) in [6, 6.07) is 11.2. The van der Waals surface area contributed by atoms with E-state index in [1.807, 2.05) is 0 Å². The zero-order valence-electron chi connectivity index (χ0n) is 20.5. The summed E-state index contributed by atoms with van der Waals surface area (Å²) in [5, 5.41) is 11.5. The molecule has 0 aliphatic heterocycles. The number of Topliss-reactive ketones (excluding diaryl/α,β-unsaturated/α-hetero) is 1. The quantitative estimate of drug-likeness (QED) is 0.158. The van der Waals surface area contributed by atoms with E-state index in [-0.39, 0.29) is 37.0 Å². The normalized spacial score (nSPS) is 11.1. The summed E-state index contributed by atoms with van der Waals surface area (Å²) in [5.74, 6) is -1.16. The predicted molar refractivity (Wildman–Crippen MR) is 129 cm³/mol. The van der Waals surface area contributed by atoms with Crippen LogP contribution in [-0.4, -0.2) is 67.6 Å². The van der Waals surface area contributed by atoms with Gasteiger partial charge in [-0.25, -0.2) is 9.59 Å². The number of ketones is 1. The van der Waals surface area contributed by atoms with Crippen LogP contribution in [0.4, 0.5) is 4.79 Å². The first-order valence-corrected chi connectivity index (χ1v) is 11.1. The van der Waals surface area contributed by atoms with Crippen LogP contribution in [0.25, 0.3) is 0 Å². The van der Waals surface area contributed by atoms with Crippen LogP contribution in [0, 0.1) is 5.41 Å². The van der Waals surface area contributed by atoms with Gasteiger partial charge in [0, 0.05) is 16.7 Å². The minimum atomic E-state index is -0.835. The van der Waals surface area contributed by atoms with Gasteiger partial charge in [0.25, 0.3) is 5.91 Å². The molecule has 0 aliphatic carbocycles. The lowest BCUT2D eigenvalue weighted by molar-refractivity contribution is -0.145. The number of hydroxylamine groups is 2. The van der Waals surface area contributed by atoms with Crippen molar-refractivity contribution >= 4 is 29.6 Å². The lowest BCUT2D eigenvalue weighted by Crippen LogP contribution is -2.38. The Labute approximate surface area is 208 Å². The molecule has 0 aliphatic rings. The Morgan fingerprint density at radius 1 is 0.889 bits per heavy atom. The molecule has 2 rings (SSSR count). The van der Waals surface area contributed by atoms with Gasteiger partial charge in [-0.15, -0.1) is 5.06 Å². The van der Waals surface area contributed by atoms with E-state index in [4.69, 9.17) is 24.5 Å². The van der Waals surface area contributed by atoms with E-state index in [0.717, 1.165) is 0 Å². The Morgan fingerprint density at radius 2 is 1.44 bits per heavy atom. The van der Waals surface area contributed by atoms with Gasteiger partial charge in [0.15, 0.2) is 18.2 Å². The van der Waals surface area contributed by atoms with Gasteiger partial charge in [-0.05, 0) is 57.2 Å². The van der Waals surface area contributed by atoms with E-state index in [0.29, 0.717) is 21.9 Å². The van der Waals surface area contributed by atoms with Crippen molar-refractivity contribution in [2.75, 3.05) is 26.9 Å². The number of rotatable bonds is 11. The van der Waals surface area contributed by atoms with Crippen LogP contribution in [0.3, 0.4) is 0 Å². The van der Waals surface area contributed by atoms with Gasteiger partial charge in [-0.3, -0.25) is 19.8 Å². The van der Waals surface area contributed by atoms with E-state index in [2.05, 4.69) is 5.32 Å². The highest BCUT2D eigenvalue weighted by molar-refractivity contribution is 6.06. The lowest BCUT2D eigenvalue weighted by Gasteiger charge is -2.19. The summed E-state index contributed by atoms with van der Waals surface area (Å²) < 4.78 is 14.9. The number of carbonyl (C=O) groups excluding carboxylic acids is 4. The maximum atomic E-state index is 12.7. The first kappa shape index (κ1) is 28.0. The Balaban J connectivity index is 1.97. The summed E-state index contributed by atoms with van der Waals surface area (Å²) >= 11 is 0. The van der Waals surface area contributed by atoms with Crippen molar-refractivity contribution in [2.24, 2.45) is 0 Å². The minimum absolute atomic E-state index is 0.120. The summed E-state index contributed by atoms with van der Waals surface area (Å²) in [4.78, 5) is 53.5. The third-order valence-electron chi connectivity index (χ3n) is 4.78. The molecule has 0 aromatic heterocycles. The van der Waals surface area contributed by atoms with E-state index in [9.17, 15) is 19.2 Å². The van der Waals surface area contributed by atoms with E-state index >= 15 is 0 Å². The monoisotopic (exact) mass is 499 g/mol. The largest absolute Gasteiger partial charge is 0.482 e. The third-order valence-corrected chi connectivity index (χ3v) is 4.78. The molecule has 2 aromatic rings. The molecular weight excluding hydrogens is 470 g/mol. The van der Waals surface area contributed by atoms with E-state index < -0.39 is 24.0 Å². The van der Waals surface area contributed by atoms with E-state index in [1.165, 1.54) is 43.5 Å². The van der Waals surface area contributed by atoms with Gasteiger partial charge in [0.2, 0.25) is 0 Å². The molecule has 0 heterocycles. The fourth-order valence-corrected chi connectivity index (χ4v) is 2.99. The second-order valence-electron chi connectivity index (χ2n) is 7.28. The van der Waals surface area contributed by atoms with Crippen molar-refractivity contribution in [3.8, 4) is 5.75 Å². The van der Waals surface area contributed by atoms with Gasteiger partial charge in [0.05, 0.1) is 26.4 Å². The first-order valence-electron chi connectivity index (χ1n) is 11.1. The average Bonchev–Trinajstić information content (AvgIpc) is 2.88. The molecule has 0 saturated heterocycles. The number of amidine groups is 1. The molecule has 11 heteroatoms. The Bertz CT molecular complexity index is 1080. The highest BCUT2D eigenvalue weighted by atomic mass is 16.7. The topological polar surface area (TPSA) is 144 Å². The van der Waals surface area contributed by atoms with Crippen LogP contribution >= 0.6 is 0 Å². The standard InChI is InChI=1S/C25H29N3O8/c1-5-34-21(29)15-36-20-13-11-17(12-14-20)22(30)16(3)27-24(31)19-9-7-18(8-10-19)23(26)28(33-4)25(32)35-6-2/h7-14,16,26H,5-6,15H2,1-4H3,(H,27,31)/t16-/m0/s1. The molecule has 2 aromatic carbocycles. The number of benzene rings is 2. The van der Waals surface area contributed by atoms with Crippen LogP contribution in [0.1, 0.15) is 47.1 Å². The van der Waals surface area contributed by atoms with Crippen molar-refractivity contribution in [2.45, 2.75) is 26.8 Å². The predicted octanol–water partition coefficient (Wildman–Crippen LogP) is 2.97. The molecule has 0 bridgehead atoms. The molecule has 0 fully saturated rings. The molecule has 2 amide bonds. The maximum absolute atomic E-state index is 12.7. The summed E-state index contributed by atoms with van der Waals surface area (Å²) in [6.45, 7) is 5.03. The number of nitrogens with one attached hydrogen (secondary N) is 2. The number of hydrogen-bond acceptors (Lipinski definition) is 9. The highest BCUT2D eigenvalue weighted by Gasteiger charge is 2.22. The average molecular weight is 500 g/mol. The molecule has 0 spiro atoms. The second kappa shape index (κ2) is 13.6. The molecular formula is C25H29N3O8. The Kier molecular flexibility index (Phi) is 10.6. The number of hydrogen-bond donors (Lipinski definition) is 2. The number of esters is 1. The Hall–Kier alpha value is -4.25. The highest BCUT2D eigenvalue weighted by Crippen LogP contribution is 2.14. The van der Waals surface area contributed by atoms with Crippen molar-refractivity contribution in [3.05, 3.63) is 65.2 Å². The number of carbonyl (C=O) groups is 4. The molecule has 11 nitrogen and oxygen atoms in total. The maximum Gasteiger partial charge on any atom is 0.440 e. The SMILES string of the molecule is CCOC(=O)COc1ccc(C(=O)[C@H](C)NC(=O)c2ccc(C(=N)N(OC)C(=O)OCC)cc2)cc1. The van der Waals surface area contributed by atoms with Crippen LogP contribution < -0.4 is 10.1 Å². The van der Waals surface area contributed by atoms with Gasteiger partial charge < -0.3 is 19.5 Å². The lowest BCUT2D eigenvalue weighted by atomic mass is 10.0. The van der Waals surface area contributed by atoms with Gasteiger partial charge in [-0.2, -0.15) is 0 Å². The van der Waals surface area contributed by atoms with E-state index in [1.54, 1.807) is 32.9 Å². The molecule has 0 unspecified atom stereocenters. The number of ether oxygens (including phenoxy) is 3. The Morgan fingerprint density at radius 3 is 2.00 bits per heavy atom. The van der Waals surface area contributed by atoms with Crippen molar-refractivity contribution in [3.63, 3.8) is 0 Å². The van der Waals surface area contributed by atoms with Crippen molar-refractivity contribution in [1.82, 2.24) is 10.4 Å². The summed E-state index contributed by atoms with van der Waals surface area (Å²) in [7, 11) is 1.23. The van der Waals surface area contributed by atoms with Gasteiger partial charge >= 0.3 is 12.1 Å². The van der Waals surface area contributed by atoms with Crippen molar-refractivity contribution < 1.29 is 38.2 Å². The van der Waals surface area contributed by atoms with Crippen molar-refractivity contribution in [1.29, 1.82) is 5.41 Å². The molecule has 36 heavy (non-hydrogen) atoms. The van der Waals surface area contributed by atoms with Crippen LogP contribution in [0.2, 0.25) is 0 Å². The summed E-state index contributed by atoms with van der Waals surface area (Å²) in [6.07, 6.45) is -0.835. The van der Waals surface area contributed by atoms with Crippen LogP contribution in [-0.2, 0) is 19.1 Å². The molecule has 0 saturated carbocycles. The van der Waals surface area contributed by atoms with Crippen LogP contribution in [0.5, 0.6) is 5.75 Å². The van der Waals surface area contributed by atoms with Gasteiger partial charge in [-0.1, -0.05) is 12.1 Å². The fraction of sp³-hybridized carbons (Fsp3) is 0.320. The molecule has 2 N–H and O–H groups in total. The fourth-order valence-electron chi connectivity index (χ4n) is 2.99. The van der Waals surface area contributed by atoms with Gasteiger partial charge in [0.1, 0.15) is 5.75 Å². The number of amides is 2. The third kappa shape index (κ3) is 7.64. The second-order valence-corrected chi connectivity index (χ2v) is 7.28. The first-order chi connectivity index (χ1) is 17.2. The smallest absolute Gasteiger partial charge is 0.440 e. The molecule has 0 radical (unpaired) electrons.